The Kier molecular flexibility index (Phi) is 4.08. The summed E-state index contributed by atoms with van der Waals surface area (Å²) in [6.45, 7) is 0. The van der Waals surface area contributed by atoms with E-state index in [-0.39, 0.29) is 5.56 Å². The number of ketones is 1. The van der Waals surface area contributed by atoms with Gasteiger partial charge in [0.1, 0.15) is 11.7 Å². The van der Waals surface area contributed by atoms with Crippen LogP contribution < -0.4 is 0 Å². The zero-order chi connectivity index (χ0) is 13.8. The van der Waals surface area contributed by atoms with Crippen molar-refractivity contribution in [1.82, 2.24) is 0 Å². The molecule has 0 aliphatic carbocycles. The Hall–Kier alpha value is -1.99. The molecule has 4 heteroatoms. The van der Waals surface area contributed by atoms with Gasteiger partial charge in [-0.3, -0.25) is 4.79 Å². The summed E-state index contributed by atoms with van der Waals surface area (Å²) >= 11 is 3.26. The van der Waals surface area contributed by atoms with E-state index in [4.69, 9.17) is 0 Å². The van der Waals surface area contributed by atoms with Crippen LogP contribution in [0.4, 0.5) is 4.39 Å². The van der Waals surface area contributed by atoms with Crippen molar-refractivity contribution in [3.8, 4) is 6.07 Å². The molecule has 2 aromatic carbocycles. The lowest BCUT2D eigenvalue weighted by Gasteiger charge is -2.10. The van der Waals surface area contributed by atoms with Crippen LogP contribution in [0.25, 0.3) is 0 Å². The zero-order valence-electron chi connectivity index (χ0n) is 9.81. The first kappa shape index (κ1) is 13.4. The number of hydrogen-bond acceptors (Lipinski definition) is 2. The van der Waals surface area contributed by atoms with Crippen molar-refractivity contribution in [1.29, 1.82) is 5.26 Å². The number of nitrogens with zero attached hydrogens (tertiary/aromatic N) is 1. The van der Waals surface area contributed by atoms with Gasteiger partial charge in [-0.25, -0.2) is 4.39 Å². The van der Waals surface area contributed by atoms with Crippen LogP contribution in [0.5, 0.6) is 0 Å². The second kappa shape index (κ2) is 5.77. The highest BCUT2D eigenvalue weighted by molar-refractivity contribution is 9.10. The SMILES string of the molecule is N#CC(C(=O)c1ccccc1Br)c1ccccc1F. The molecular weight excluding hydrogens is 309 g/mol. The fourth-order valence-electron chi connectivity index (χ4n) is 1.80. The third-order valence-electron chi connectivity index (χ3n) is 2.75. The van der Waals surface area contributed by atoms with E-state index >= 15 is 0 Å². The Morgan fingerprint density at radius 2 is 1.79 bits per heavy atom. The van der Waals surface area contributed by atoms with Crippen molar-refractivity contribution in [3.05, 3.63) is 69.9 Å². The summed E-state index contributed by atoms with van der Waals surface area (Å²) in [5.41, 5.74) is 0.475. The molecule has 0 amide bonds. The molecule has 19 heavy (non-hydrogen) atoms. The third kappa shape index (κ3) is 2.72. The molecule has 0 spiro atoms. The molecule has 0 saturated carbocycles. The number of carbonyl (C=O) groups excluding carboxylic acids is 1. The number of Topliss-reactive ketones (excluding diaryl/α,β-unsaturated/α-hetero) is 1. The van der Waals surface area contributed by atoms with E-state index in [1.54, 1.807) is 30.3 Å². The lowest BCUT2D eigenvalue weighted by molar-refractivity contribution is 0.0976. The maximum Gasteiger partial charge on any atom is 0.185 e. The van der Waals surface area contributed by atoms with Crippen molar-refractivity contribution < 1.29 is 9.18 Å². The monoisotopic (exact) mass is 317 g/mol. The second-order valence-electron chi connectivity index (χ2n) is 3.93. The summed E-state index contributed by atoms with van der Waals surface area (Å²) < 4.78 is 14.3. The van der Waals surface area contributed by atoms with Gasteiger partial charge in [-0.1, -0.05) is 52.3 Å². The smallest absolute Gasteiger partial charge is 0.185 e. The Morgan fingerprint density at radius 3 is 2.42 bits per heavy atom. The van der Waals surface area contributed by atoms with Gasteiger partial charge in [-0.2, -0.15) is 5.26 Å². The normalized spacial score (nSPS) is 11.6. The average Bonchev–Trinajstić information content (AvgIpc) is 2.42. The van der Waals surface area contributed by atoms with Gasteiger partial charge < -0.3 is 0 Å². The largest absolute Gasteiger partial charge is 0.292 e. The second-order valence-corrected chi connectivity index (χ2v) is 4.78. The molecule has 2 aromatic rings. The van der Waals surface area contributed by atoms with E-state index in [0.717, 1.165) is 0 Å². The standard InChI is InChI=1S/C15H9BrFNO/c16-13-7-3-1-6-11(13)15(19)12(9-18)10-5-2-4-8-14(10)17/h1-8,12H. The van der Waals surface area contributed by atoms with Crippen LogP contribution in [0.2, 0.25) is 0 Å². The molecule has 0 heterocycles. The summed E-state index contributed by atoms with van der Waals surface area (Å²) in [6.07, 6.45) is 0. The highest BCUT2D eigenvalue weighted by atomic mass is 79.9. The van der Waals surface area contributed by atoms with E-state index in [0.29, 0.717) is 10.0 Å². The Morgan fingerprint density at radius 1 is 1.16 bits per heavy atom. The number of benzene rings is 2. The zero-order valence-corrected chi connectivity index (χ0v) is 11.4. The number of halogens is 2. The van der Waals surface area contributed by atoms with Crippen LogP contribution in [0.15, 0.2) is 53.0 Å². The Bertz CT molecular complexity index is 663. The van der Waals surface area contributed by atoms with E-state index in [1.165, 1.54) is 18.2 Å². The minimum Gasteiger partial charge on any atom is -0.292 e. The van der Waals surface area contributed by atoms with Gasteiger partial charge in [0.25, 0.3) is 0 Å². The number of hydrogen-bond donors (Lipinski definition) is 0. The predicted molar refractivity (Wildman–Crippen MR) is 73.2 cm³/mol. The third-order valence-corrected chi connectivity index (χ3v) is 3.44. The summed E-state index contributed by atoms with van der Waals surface area (Å²) in [5.74, 6) is -2.10. The summed E-state index contributed by atoms with van der Waals surface area (Å²) in [6, 6.07) is 14.5. The van der Waals surface area contributed by atoms with Gasteiger partial charge in [-0.15, -0.1) is 0 Å². The fourth-order valence-corrected chi connectivity index (χ4v) is 2.28. The first-order chi connectivity index (χ1) is 9.15. The van der Waals surface area contributed by atoms with Crippen LogP contribution in [0, 0.1) is 17.1 Å². The molecule has 1 unspecified atom stereocenters. The molecule has 0 saturated heterocycles. The van der Waals surface area contributed by atoms with Crippen molar-refractivity contribution in [2.24, 2.45) is 0 Å². The molecule has 0 bridgehead atoms. The molecule has 0 aliphatic rings. The van der Waals surface area contributed by atoms with Crippen LogP contribution in [0.3, 0.4) is 0 Å². The molecule has 2 nitrogen and oxygen atoms in total. The summed E-state index contributed by atoms with van der Waals surface area (Å²) in [4.78, 5) is 12.3. The molecule has 0 N–H and O–H groups in total. The van der Waals surface area contributed by atoms with Crippen LogP contribution in [0.1, 0.15) is 21.8 Å². The highest BCUT2D eigenvalue weighted by Gasteiger charge is 2.25. The van der Waals surface area contributed by atoms with Gasteiger partial charge in [0.2, 0.25) is 0 Å². The number of rotatable bonds is 3. The number of nitriles is 1. The fraction of sp³-hybridized carbons (Fsp3) is 0.0667. The summed E-state index contributed by atoms with van der Waals surface area (Å²) in [5, 5.41) is 9.17. The first-order valence-electron chi connectivity index (χ1n) is 5.58. The molecule has 0 aromatic heterocycles. The van der Waals surface area contributed by atoms with E-state index in [2.05, 4.69) is 15.9 Å². The van der Waals surface area contributed by atoms with Crippen LogP contribution >= 0.6 is 15.9 Å². The van der Waals surface area contributed by atoms with Crippen LogP contribution in [-0.2, 0) is 0 Å². The van der Waals surface area contributed by atoms with Gasteiger partial charge in [-0.05, 0) is 12.1 Å². The minimum absolute atomic E-state index is 0.103. The molecule has 1 atom stereocenters. The lowest BCUT2D eigenvalue weighted by Crippen LogP contribution is -2.13. The van der Waals surface area contributed by atoms with Crippen molar-refractivity contribution in [3.63, 3.8) is 0 Å². The van der Waals surface area contributed by atoms with Gasteiger partial charge >= 0.3 is 0 Å². The number of carbonyl (C=O) groups is 1. The van der Waals surface area contributed by atoms with Crippen molar-refractivity contribution in [2.45, 2.75) is 5.92 Å². The van der Waals surface area contributed by atoms with Crippen molar-refractivity contribution in [2.75, 3.05) is 0 Å². The van der Waals surface area contributed by atoms with E-state index in [1.807, 2.05) is 6.07 Å². The quantitative estimate of drug-likeness (QED) is 0.800. The maximum atomic E-state index is 13.7. The molecule has 0 fully saturated rings. The van der Waals surface area contributed by atoms with Gasteiger partial charge in [0.15, 0.2) is 5.78 Å². The van der Waals surface area contributed by atoms with E-state index < -0.39 is 17.5 Å². The van der Waals surface area contributed by atoms with E-state index in [9.17, 15) is 14.4 Å². The minimum atomic E-state index is -1.14. The summed E-state index contributed by atoms with van der Waals surface area (Å²) in [7, 11) is 0. The maximum absolute atomic E-state index is 13.7. The first-order valence-corrected chi connectivity index (χ1v) is 6.37. The van der Waals surface area contributed by atoms with Crippen molar-refractivity contribution >= 4 is 21.7 Å². The molecule has 2 rings (SSSR count). The Labute approximate surface area is 118 Å². The molecule has 94 valence electrons. The molecular formula is C15H9BrFNO. The predicted octanol–water partition coefficient (Wildman–Crippen LogP) is 4.08. The Balaban J connectivity index is 2.45. The molecule has 0 radical (unpaired) electrons. The topological polar surface area (TPSA) is 40.9 Å². The van der Waals surface area contributed by atoms with Crippen LogP contribution in [-0.4, -0.2) is 5.78 Å². The lowest BCUT2D eigenvalue weighted by atomic mass is 9.91. The highest BCUT2D eigenvalue weighted by Crippen LogP contribution is 2.26. The van der Waals surface area contributed by atoms with Gasteiger partial charge in [0, 0.05) is 15.6 Å². The average molecular weight is 318 g/mol. The van der Waals surface area contributed by atoms with Gasteiger partial charge in [0.05, 0.1) is 6.07 Å². The molecule has 0 aliphatic heterocycles.